The van der Waals surface area contributed by atoms with Gasteiger partial charge in [-0.3, -0.25) is 4.79 Å². The van der Waals surface area contributed by atoms with Crippen molar-refractivity contribution < 1.29 is 9.90 Å². The summed E-state index contributed by atoms with van der Waals surface area (Å²) in [5.74, 6) is 0.0562. The minimum atomic E-state index is -0.658. The topological polar surface area (TPSA) is 37.3 Å². The molecule has 1 aromatic rings. The van der Waals surface area contributed by atoms with Gasteiger partial charge in [-0.05, 0) is 48.8 Å². The van der Waals surface area contributed by atoms with Crippen LogP contribution in [0.25, 0.3) is 0 Å². The molecule has 0 aliphatic heterocycles. The van der Waals surface area contributed by atoms with Gasteiger partial charge < -0.3 is 5.11 Å². The Morgan fingerprint density at radius 3 is 2.63 bits per heavy atom. The number of carboxylic acids is 1. The summed E-state index contributed by atoms with van der Waals surface area (Å²) >= 11 is 5.86. The SMILES string of the molecule is CC1CCCC(C(Cc2ccc(Cl)cc2)C(=O)O)C1. The van der Waals surface area contributed by atoms with Crippen molar-refractivity contribution >= 4 is 17.6 Å². The fourth-order valence-electron chi connectivity index (χ4n) is 3.18. The molecule has 1 N–H and O–H groups in total. The number of rotatable bonds is 4. The first-order valence-electron chi connectivity index (χ1n) is 7.03. The second kappa shape index (κ2) is 6.42. The molecule has 1 aliphatic carbocycles. The second-order valence-corrected chi connectivity index (χ2v) is 6.24. The lowest BCUT2D eigenvalue weighted by atomic mass is 9.74. The third-order valence-corrected chi connectivity index (χ3v) is 4.48. The number of halogens is 1. The van der Waals surface area contributed by atoms with E-state index in [0.717, 1.165) is 24.8 Å². The van der Waals surface area contributed by atoms with E-state index in [9.17, 15) is 9.90 Å². The number of carboxylic acid groups (broad SMARTS) is 1. The third-order valence-electron chi connectivity index (χ3n) is 4.23. The number of benzene rings is 1. The molecule has 1 aliphatic rings. The highest BCUT2D eigenvalue weighted by atomic mass is 35.5. The van der Waals surface area contributed by atoms with Crippen LogP contribution in [-0.4, -0.2) is 11.1 Å². The van der Waals surface area contributed by atoms with Crippen LogP contribution in [0.5, 0.6) is 0 Å². The molecule has 1 saturated carbocycles. The lowest BCUT2D eigenvalue weighted by molar-refractivity contribution is -0.144. The lowest BCUT2D eigenvalue weighted by Crippen LogP contribution is -2.29. The van der Waals surface area contributed by atoms with Gasteiger partial charge in [-0.25, -0.2) is 0 Å². The van der Waals surface area contributed by atoms with E-state index in [-0.39, 0.29) is 5.92 Å². The summed E-state index contributed by atoms with van der Waals surface area (Å²) in [6, 6.07) is 7.54. The van der Waals surface area contributed by atoms with Crippen molar-refractivity contribution in [1.29, 1.82) is 0 Å². The van der Waals surface area contributed by atoms with Crippen LogP contribution in [-0.2, 0) is 11.2 Å². The first-order chi connectivity index (χ1) is 9.06. The molecule has 1 fully saturated rings. The summed E-state index contributed by atoms with van der Waals surface area (Å²) in [5.41, 5.74) is 1.06. The highest BCUT2D eigenvalue weighted by Gasteiger charge is 2.31. The zero-order valence-corrected chi connectivity index (χ0v) is 12.1. The Bertz CT molecular complexity index is 427. The number of carbonyl (C=O) groups is 1. The van der Waals surface area contributed by atoms with Crippen molar-refractivity contribution in [3.05, 3.63) is 34.9 Å². The molecular formula is C16H21ClO2. The van der Waals surface area contributed by atoms with E-state index in [2.05, 4.69) is 6.92 Å². The summed E-state index contributed by atoms with van der Waals surface area (Å²) in [4.78, 5) is 11.6. The van der Waals surface area contributed by atoms with Gasteiger partial charge in [-0.15, -0.1) is 0 Å². The molecule has 2 nitrogen and oxygen atoms in total. The maximum Gasteiger partial charge on any atom is 0.307 e. The molecular weight excluding hydrogens is 260 g/mol. The van der Waals surface area contributed by atoms with Crippen LogP contribution in [0.4, 0.5) is 0 Å². The smallest absolute Gasteiger partial charge is 0.307 e. The van der Waals surface area contributed by atoms with E-state index in [1.807, 2.05) is 24.3 Å². The molecule has 0 radical (unpaired) electrons. The van der Waals surface area contributed by atoms with Gasteiger partial charge in [0.25, 0.3) is 0 Å². The molecule has 0 saturated heterocycles. The summed E-state index contributed by atoms with van der Waals surface area (Å²) in [5, 5.41) is 10.2. The van der Waals surface area contributed by atoms with E-state index in [4.69, 9.17) is 11.6 Å². The van der Waals surface area contributed by atoms with Gasteiger partial charge in [0, 0.05) is 5.02 Å². The van der Waals surface area contributed by atoms with Crippen molar-refractivity contribution in [2.45, 2.75) is 39.0 Å². The van der Waals surface area contributed by atoms with E-state index in [1.54, 1.807) is 0 Å². The van der Waals surface area contributed by atoms with Crippen LogP contribution < -0.4 is 0 Å². The van der Waals surface area contributed by atoms with Crippen molar-refractivity contribution in [1.82, 2.24) is 0 Å². The van der Waals surface area contributed by atoms with Gasteiger partial charge in [0.15, 0.2) is 0 Å². The van der Waals surface area contributed by atoms with Gasteiger partial charge in [0.05, 0.1) is 5.92 Å². The van der Waals surface area contributed by atoms with Gasteiger partial charge in [0.1, 0.15) is 0 Å². The molecule has 2 rings (SSSR count). The Balaban J connectivity index is 2.07. The molecule has 3 unspecified atom stereocenters. The highest BCUT2D eigenvalue weighted by molar-refractivity contribution is 6.30. The molecule has 0 spiro atoms. The predicted octanol–water partition coefficient (Wildman–Crippen LogP) is 4.41. The highest BCUT2D eigenvalue weighted by Crippen LogP contribution is 2.35. The Morgan fingerprint density at radius 1 is 1.37 bits per heavy atom. The first-order valence-corrected chi connectivity index (χ1v) is 7.41. The van der Waals surface area contributed by atoms with Gasteiger partial charge >= 0.3 is 5.97 Å². The third kappa shape index (κ3) is 3.97. The molecule has 0 heterocycles. The van der Waals surface area contributed by atoms with Crippen LogP contribution in [0.2, 0.25) is 5.02 Å². The second-order valence-electron chi connectivity index (χ2n) is 5.81. The van der Waals surface area contributed by atoms with Crippen molar-refractivity contribution in [3.8, 4) is 0 Å². The number of hydrogen-bond acceptors (Lipinski definition) is 1. The molecule has 0 amide bonds. The minimum absolute atomic E-state index is 0.260. The van der Waals surface area contributed by atoms with Crippen molar-refractivity contribution in [3.63, 3.8) is 0 Å². The first kappa shape index (κ1) is 14.4. The summed E-state index contributed by atoms with van der Waals surface area (Å²) < 4.78 is 0. The maximum absolute atomic E-state index is 11.6. The van der Waals surface area contributed by atoms with Crippen molar-refractivity contribution in [2.75, 3.05) is 0 Å². The number of aliphatic carboxylic acids is 1. The van der Waals surface area contributed by atoms with Crippen LogP contribution in [0.15, 0.2) is 24.3 Å². The van der Waals surface area contributed by atoms with E-state index in [0.29, 0.717) is 23.3 Å². The average molecular weight is 281 g/mol. The molecule has 3 heteroatoms. The van der Waals surface area contributed by atoms with Gasteiger partial charge in [-0.2, -0.15) is 0 Å². The lowest BCUT2D eigenvalue weighted by Gasteiger charge is -2.31. The standard InChI is InChI=1S/C16H21ClO2/c1-11-3-2-4-13(9-11)15(16(18)19)10-12-5-7-14(17)8-6-12/h5-8,11,13,15H,2-4,9-10H2,1H3,(H,18,19). The quantitative estimate of drug-likeness (QED) is 0.887. The van der Waals surface area contributed by atoms with E-state index in [1.165, 1.54) is 6.42 Å². The van der Waals surface area contributed by atoms with Gasteiger partial charge in [-0.1, -0.05) is 43.5 Å². The van der Waals surface area contributed by atoms with Crippen LogP contribution in [0.1, 0.15) is 38.2 Å². The Labute approximate surface area is 119 Å². The van der Waals surface area contributed by atoms with Crippen LogP contribution in [0.3, 0.4) is 0 Å². The van der Waals surface area contributed by atoms with E-state index >= 15 is 0 Å². The fraction of sp³-hybridized carbons (Fsp3) is 0.562. The largest absolute Gasteiger partial charge is 0.481 e. The monoisotopic (exact) mass is 280 g/mol. The Kier molecular flexibility index (Phi) is 4.87. The molecule has 0 aromatic heterocycles. The minimum Gasteiger partial charge on any atom is -0.481 e. The van der Waals surface area contributed by atoms with Crippen molar-refractivity contribution in [2.24, 2.45) is 17.8 Å². The Hall–Kier alpha value is -1.02. The Morgan fingerprint density at radius 2 is 2.05 bits per heavy atom. The normalized spacial score (nSPS) is 24.9. The molecule has 19 heavy (non-hydrogen) atoms. The number of hydrogen-bond donors (Lipinski definition) is 1. The average Bonchev–Trinajstić information content (AvgIpc) is 2.37. The zero-order valence-electron chi connectivity index (χ0n) is 11.3. The summed E-state index contributed by atoms with van der Waals surface area (Å²) in [6.45, 7) is 2.23. The molecule has 1 aromatic carbocycles. The molecule has 3 atom stereocenters. The summed E-state index contributed by atoms with van der Waals surface area (Å²) in [6.07, 6.45) is 5.11. The maximum atomic E-state index is 11.6. The zero-order chi connectivity index (χ0) is 13.8. The van der Waals surface area contributed by atoms with Gasteiger partial charge in [0.2, 0.25) is 0 Å². The molecule has 0 bridgehead atoms. The van der Waals surface area contributed by atoms with Crippen LogP contribution >= 0.6 is 11.6 Å². The summed E-state index contributed by atoms with van der Waals surface area (Å²) in [7, 11) is 0. The molecule has 104 valence electrons. The predicted molar refractivity (Wildman–Crippen MR) is 77.4 cm³/mol. The fourth-order valence-corrected chi connectivity index (χ4v) is 3.30. The van der Waals surface area contributed by atoms with E-state index < -0.39 is 5.97 Å². The van der Waals surface area contributed by atoms with Crippen LogP contribution in [0, 0.1) is 17.8 Å².